The third-order valence-corrected chi connectivity index (χ3v) is 3.81. The summed E-state index contributed by atoms with van der Waals surface area (Å²) in [6.07, 6.45) is 0.844. The average molecular weight is 329 g/mol. The summed E-state index contributed by atoms with van der Waals surface area (Å²) >= 11 is 0. The molecule has 5 heteroatoms. The summed E-state index contributed by atoms with van der Waals surface area (Å²) in [4.78, 5) is 4.16. The highest BCUT2D eigenvalue weighted by Gasteiger charge is 2.04. The molecule has 0 saturated heterocycles. The van der Waals surface area contributed by atoms with Gasteiger partial charge in [0.25, 0.3) is 0 Å². The molecule has 0 atom stereocenters. The fraction of sp³-hybridized carbons (Fsp3) is 0.316. The van der Waals surface area contributed by atoms with Crippen LogP contribution in [0, 0.1) is 12.7 Å². The first-order valence-electron chi connectivity index (χ1n) is 7.95. The Labute approximate surface area is 142 Å². The number of nitrogens with zero attached hydrogens (tertiary/aromatic N) is 1. The first-order valence-corrected chi connectivity index (χ1v) is 7.95. The van der Waals surface area contributed by atoms with Crippen LogP contribution < -0.4 is 15.4 Å². The topological polar surface area (TPSA) is 45.7 Å². The lowest BCUT2D eigenvalue weighted by Gasteiger charge is -2.13. The highest BCUT2D eigenvalue weighted by Crippen LogP contribution is 2.18. The summed E-state index contributed by atoms with van der Waals surface area (Å²) in [7, 11) is 3.38. The van der Waals surface area contributed by atoms with Gasteiger partial charge in [-0.1, -0.05) is 30.3 Å². The molecule has 0 aliphatic rings. The molecule has 0 spiro atoms. The second-order valence-electron chi connectivity index (χ2n) is 5.50. The van der Waals surface area contributed by atoms with E-state index in [0.29, 0.717) is 18.1 Å². The van der Waals surface area contributed by atoms with Crippen LogP contribution in [0.1, 0.15) is 16.7 Å². The summed E-state index contributed by atoms with van der Waals surface area (Å²) in [6, 6.07) is 12.9. The van der Waals surface area contributed by atoms with E-state index < -0.39 is 0 Å². The smallest absolute Gasteiger partial charge is 0.191 e. The highest BCUT2D eigenvalue weighted by molar-refractivity contribution is 5.79. The van der Waals surface area contributed by atoms with Crippen molar-refractivity contribution in [3.8, 4) is 5.75 Å². The molecule has 2 rings (SSSR count). The van der Waals surface area contributed by atoms with Gasteiger partial charge in [0, 0.05) is 25.7 Å². The molecule has 0 aromatic heterocycles. The average Bonchev–Trinajstić information content (AvgIpc) is 2.60. The molecule has 2 aromatic rings. The SMILES string of the molecule is CN=C(NCCc1ccc(C)c(OC)c1)NCc1ccccc1F. The van der Waals surface area contributed by atoms with Gasteiger partial charge in [0.05, 0.1) is 7.11 Å². The van der Waals surface area contributed by atoms with E-state index in [9.17, 15) is 4.39 Å². The predicted octanol–water partition coefficient (Wildman–Crippen LogP) is 3.05. The fourth-order valence-corrected chi connectivity index (χ4v) is 2.39. The zero-order valence-electron chi connectivity index (χ0n) is 14.4. The van der Waals surface area contributed by atoms with Gasteiger partial charge in [-0.2, -0.15) is 0 Å². The molecular weight excluding hydrogens is 305 g/mol. The number of guanidine groups is 1. The van der Waals surface area contributed by atoms with Gasteiger partial charge in [0.15, 0.2) is 5.96 Å². The summed E-state index contributed by atoms with van der Waals surface area (Å²) in [6.45, 7) is 3.14. The summed E-state index contributed by atoms with van der Waals surface area (Å²) in [5.41, 5.74) is 2.93. The monoisotopic (exact) mass is 329 g/mol. The largest absolute Gasteiger partial charge is 0.496 e. The standard InChI is InChI=1S/C19H24FN3O/c1-14-8-9-15(12-18(14)24-3)10-11-22-19(21-2)23-13-16-6-4-5-7-17(16)20/h4-9,12H,10-11,13H2,1-3H3,(H2,21,22,23). The molecule has 0 saturated carbocycles. The number of nitrogens with one attached hydrogen (secondary N) is 2. The lowest BCUT2D eigenvalue weighted by Crippen LogP contribution is -2.38. The Kier molecular flexibility index (Phi) is 6.61. The molecule has 0 aliphatic heterocycles. The predicted molar refractivity (Wildman–Crippen MR) is 96.0 cm³/mol. The minimum atomic E-state index is -0.216. The molecule has 0 fully saturated rings. The van der Waals surface area contributed by atoms with E-state index in [1.165, 1.54) is 11.6 Å². The third-order valence-electron chi connectivity index (χ3n) is 3.81. The van der Waals surface area contributed by atoms with Crippen molar-refractivity contribution >= 4 is 5.96 Å². The quantitative estimate of drug-likeness (QED) is 0.632. The molecule has 128 valence electrons. The minimum Gasteiger partial charge on any atom is -0.496 e. The van der Waals surface area contributed by atoms with Gasteiger partial charge in [-0.25, -0.2) is 4.39 Å². The summed E-state index contributed by atoms with van der Waals surface area (Å²) in [5.74, 6) is 1.33. The van der Waals surface area contributed by atoms with Crippen LogP contribution in [0.2, 0.25) is 0 Å². The van der Waals surface area contributed by atoms with E-state index >= 15 is 0 Å². The zero-order valence-corrected chi connectivity index (χ0v) is 14.4. The van der Waals surface area contributed by atoms with Gasteiger partial charge in [-0.3, -0.25) is 4.99 Å². The molecule has 4 nitrogen and oxygen atoms in total. The number of halogens is 1. The molecule has 0 unspecified atom stereocenters. The normalized spacial score (nSPS) is 11.2. The van der Waals surface area contributed by atoms with Crippen LogP contribution in [0.25, 0.3) is 0 Å². The van der Waals surface area contributed by atoms with Crippen molar-refractivity contribution in [3.63, 3.8) is 0 Å². The van der Waals surface area contributed by atoms with E-state index in [0.717, 1.165) is 24.3 Å². The van der Waals surface area contributed by atoms with Gasteiger partial charge >= 0.3 is 0 Å². The lowest BCUT2D eigenvalue weighted by molar-refractivity contribution is 0.411. The van der Waals surface area contributed by atoms with Crippen LogP contribution in [-0.4, -0.2) is 26.7 Å². The van der Waals surface area contributed by atoms with Gasteiger partial charge < -0.3 is 15.4 Å². The number of ether oxygens (including phenoxy) is 1. The maximum absolute atomic E-state index is 13.6. The van der Waals surface area contributed by atoms with Crippen molar-refractivity contribution in [1.82, 2.24) is 10.6 Å². The van der Waals surface area contributed by atoms with E-state index in [-0.39, 0.29) is 5.82 Å². The summed E-state index contributed by atoms with van der Waals surface area (Å²) < 4.78 is 19.0. The van der Waals surface area contributed by atoms with Crippen LogP contribution in [0.15, 0.2) is 47.5 Å². The number of rotatable bonds is 6. The number of benzene rings is 2. The first kappa shape index (κ1) is 17.8. The van der Waals surface area contributed by atoms with Crippen LogP contribution in [-0.2, 0) is 13.0 Å². The molecule has 0 amide bonds. The van der Waals surface area contributed by atoms with Gasteiger partial charge in [-0.05, 0) is 36.6 Å². The Bertz CT molecular complexity index is 701. The van der Waals surface area contributed by atoms with Gasteiger partial charge in [0.2, 0.25) is 0 Å². The van der Waals surface area contributed by atoms with Gasteiger partial charge in [-0.15, -0.1) is 0 Å². The molecule has 2 aromatic carbocycles. The van der Waals surface area contributed by atoms with Crippen molar-refractivity contribution in [2.45, 2.75) is 19.9 Å². The number of aliphatic imine (C=N–C) groups is 1. The molecule has 0 bridgehead atoms. The number of aryl methyl sites for hydroxylation is 1. The van der Waals surface area contributed by atoms with E-state index in [4.69, 9.17) is 4.74 Å². The number of methoxy groups -OCH3 is 1. The molecule has 0 radical (unpaired) electrons. The molecule has 0 heterocycles. The Morgan fingerprint density at radius 1 is 1.17 bits per heavy atom. The highest BCUT2D eigenvalue weighted by atomic mass is 19.1. The summed E-state index contributed by atoms with van der Waals surface area (Å²) in [5, 5.41) is 6.35. The lowest BCUT2D eigenvalue weighted by atomic mass is 10.1. The van der Waals surface area contributed by atoms with Crippen LogP contribution in [0.3, 0.4) is 0 Å². The molecule has 0 aliphatic carbocycles. The fourth-order valence-electron chi connectivity index (χ4n) is 2.39. The molecule has 2 N–H and O–H groups in total. The van der Waals surface area contributed by atoms with Crippen molar-refractivity contribution < 1.29 is 9.13 Å². The second kappa shape index (κ2) is 8.91. The Morgan fingerprint density at radius 2 is 1.96 bits per heavy atom. The van der Waals surface area contributed by atoms with Crippen molar-refractivity contribution in [3.05, 3.63) is 65.0 Å². The van der Waals surface area contributed by atoms with Crippen molar-refractivity contribution in [2.24, 2.45) is 4.99 Å². The van der Waals surface area contributed by atoms with E-state index in [1.807, 2.05) is 19.1 Å². The van der Waals surface area contributed by atoms with Crippen LogP contribution in [0.4, 0.5) is 4.39 Å². The van der Waals surface area contributed by atoms with Crippen LogP contribution >= 0.6 is 0 Å². The first-order chi connectivity index (χ1) is 11.6. The van der Waals surface area contributed by atoms with Crippen LogP contribution in [0.5, 0.6) is 5.75 Å². The second-order valence-corrected chi connectivity index (χ2v) is 5.50. The number of hydrogen-bond donors (Lipinski definition) is 2. The molecular formula is C19H24FN3O. The van der Waals surface area contributed by atoms with Crippen molar-refractivity contribution in [2.75, 3.05) is 20.7 Å². The Hall–Kier alpha value is -2.56. The third kappa shape index (κ3) is 4.98. The maximum Gasteiger partial charge on any atom is 0.191 e. The molecule has 24 heavy (non-hydrogen) atoms. The maximum atomic E-state index is 13.6. The van der Waals surface area contributed by atoms with E-state index in [1.54, 1.807) is 26.3 Å². The minimum absolute atomic E-state index is 0.216. The Balaban J connectivity index is 1.83. The number of hydrogen-bond acceptors (Lipinski definition) is 2. The Morgan fingerprint density at radius 3 is 2.67 bits per heavy atom. The van der Waals surface area contributed by atoms with Crippen molar-refractivity contribution in [1.29, 1.82) is 0 Å². The van der Waals surface area contributed by atoms with Gasteiger partial charge in [0.1, 0.15) is 11.6 Å². The zero-order chi connectivity index (χ0) is 17.4. The van der Waals surface area contributed by atoms with E-state index in [2.05, 4.69) is 27.8 Å².